The molecule has 4 nitrogen and oxygen atoms in total. The summed E-state index contributed by atoms with van der Waals surface area (Å²) in [6, 6.07) is 14.2. The van der Waals surface area contributed by atoms with Crippen LogP contribution in [0.4, 0.5) is 0 Å². The number of nitriles is 1. The Morgan fingerprint density at radius 1 is 1.20 bits per heavy atom. The standard InChI is InChI=1S/C16H13NO3/c1-19-15-6-5-13(10-18)8-16(15)20-11-14-4-2-3-12(7-14)9-17/h2-8,10H,11H2,1H3. The maximum atomic E-state index is 10.8. The van der Waals surface area contributed by atoms with Gasteiger partial charge in [0.05, 0.1) is 18.7 Å². The molecule has 0 N–H and O–H groups in total. The summed E-state index contributed by atoms with van der Waals surface area (Å²) in [6.07, 6.45) is 0.753. The van der Waals surface area contributed by atoms with E-state index in [1.807, 2.05) is 6.07 Å². The van der Waals surface area contributed by atoms with Crippen LogP contribution in [0.3, 0.4) is 0 Å². The molecule has 0 fully saturated rings. The van der Waals surface area contributed by atoms with Gasteiger partial charge in [0.25, 0.3) is 0 Å². The monoisotopic (exact) mass is 267 g/mol. The van der Waals surface area contributed by atoms with E-state index >= 15 is 0 Å². The Bertz CT molecular complexity index is 659. The van der Waals surface area contributed by atoms with Gasteiger partial charge in [0.15, 0.2) is 11.5 Å². The topological polar surface area (TPSA) is 59.3 Å². The first-order chi connectivity index (χ1) is 9.76. The van der Waals surface area contributed by atoms with E-state index in [1.54, 1.807) is 43.5 Å². The molecule has 0 saturated heterocycles. The van der Waals surface area contributed by atoms with E-state index in [4.69, 9.17) is 14.7 Å². The van der Waals surface area contributed by atoms with Crippen molar-refractivity contribution in [2.24, 2.45) is 0 Å². The van der Waals surface area contributed by atoms with Gasteiger partial charge in [0.2, 0.25) is 0 Å². The summed E-state index contributed by atoms with van der Waals surface area (Å²) in [4.78, 5) is 10.8. The van der Waals surface area contributed by atoms with E-state index < -0.39 is 0 Å². The highest BCUT2D eigenvalue weighted by Gasteiger charge is 2.06. The largest absolute Gasteiger partial charge is 0.493 e. The van der Waals surface area contributed by atoms with Gasteiger partial charge >= 0.3 is 0 Å². The van der Waals surface area contributed by atoms with Crippen LogP contribution in [0.2, 0.25) is 0 Å². The third-order valence-electron chi connectivity index (χ3n) is 2.77. The zero-order chi connectivity index (χ0) is 14.4. The third kappa shape index (κ3) is 3.15. The van der Waals surface area contributed by atoms with Gasteiger partial charge in [-0.25, -0.2) is 0 Å². The normalized spacial score (nSPS) is 9.60. The second kappa shape index (κ2) is 6.39. The van der Waals surface area contributed by atoms with Gasteiger partial charge < -0.3 is 9.47 Å². The van der Waals surface area contributed by atoms with Crippen molar-refractivity contribution in [2.75, 3.05) is 7.11 Å². The van der Waals surface area contributed by atoms with E-state index in [0.717, 1.165) is 11.8 Å². The number of nitrogens with zero attached hydrogens (tertiary/aromatic N) is 1. The predicted octanol–water partition coefficient (Wildman–Crippen LogP) is 2.96. The van der Waals surface area contributed by atoms with E-state index in [9.17, 15) is 4.79 Å². The number of carbonyl (C=O) groups is 1. The molecule has 0 aliphatic heterocycles. The molecule has 0 aromatic heterocycles. The fourth-order valence-electron chi connectivity index (χ4n) is 1.77. The van der Waals surface area contributed by atoms with Gasteiger partial charge in [-0.1, -0.05) is 12.1 Å². The van der Waals surface area contributed by atoms with Crippen molar-refractivity contribution in [3.63, 3.8) is 0 Å². The molecule has 2 rings (SSSR count). The van der Waals surface area contributed by atoms with Crippen LogP contribution in [0.1, 0.15) is 21.5 Å². The van der Waals surface area contributed by atoms with Gasteiger partial charge in [0, 0.05) is 5.56 Å². The Kier molecular flexibility index (Phi) is 4.35. The number of benzene rings is 2. The molecule has 0 unspecified atom stereocenters. The van der Waals surface area contributed by atoms with Crippen LogP contribution in [0, 0.1) is 11.3 Å². The Labute approximate surface area is 117 Å². The molecule has 0 spiro atoms. The first kappa shape index (κ1) is 13.6. The van der Waals surface area contributed by atoms with E-state index in [0.29, 0.717) is 29.2 Å². The molecular weight excluding hydrogens is 254 g/mol. The zero-order valence-electron chi connectivity index (χ0n) is 11.0. The van der Waals surface area contributed by atoms with Crippen LogP contribution in [-0.2, 0) is 6.61 Å². The average molecular weight is 267 g/mol. The minimum Gasteiger partial charge on any atom is -0.493 e. The Hall–Kier alpha value is -2.80. The Morgan fingerprint density at radius 3 is 2.75 bits per heavy atom. The van der Waals surface area contributed by atoms with Crippen molar-refractivity contribution in [2.45, 2.75) is 6.61 Å². The maximum Gasteiger partial charge on any atom is 0.162 e. The highest BCUT2D eigenvalue weighted by molar-refractivity contribution is 5.76. The second-order valence-corrected chi connectivity index (χ2v) is 4.13. The summed E-state index contributed by atoms with van der Waals surface area (Å²) in [7, 11) is 1.54. The van der Waals surface area contributed by atoms with Crippen LogP contribution < -0.4 is 9.47 Å². The summed E-state index contributed by atoms with van der Waals surface area (Å²) >= 11 is 0. The third-order valence-corrected chi connectivity index (χ3v) is 2.77. The van der Waals surface area contributed by atoms with Crippen molar-refractivity contribution >= 4 is 6.29 Å². The van der Waals surface area contributed by atoms with Crippen molar-refractivity contribution in [3.05, 3.63) is 59.2 Å². The molecule has 0 aliphatic carbocycles. The average Bonchev–Trinajstić information content (AvgIpc) is 2.52. The number of hydrogen-bond acceptors (Lipinski definition) is 4. The van der Waals surface area contributed by atoms with Gasteiger partial charge in [-0.15, -0.1) is 0 Å². The smallest absolute Gasteiger partial charge is 0.162 e. The Morgan fingerprint density at radius 2 is 2.05 bits per heavy atom. The lowest BCUT2D eigenvalue weighted by atomic mass is 10.1. The summed E-state index contributed by atoms with van der Waals surface area (Å²) in [5, 5.41) is 8.85. The number of aldehydes is 1. The molecule has 100 valence electrons. The van der Waals surface area contributed by atoms with Crippen LogP contribution >= 0.6 is 0 Å². The molecule has 4 heteroatoms. The molecule has 0 radical (unpaired) electrons. The number of carbonyl (C=O) groups excluding carboxylic acids is 1. The van der Waals surface area contributed by atoms with E-state index in [2.05, 4.69) is 6.07 Å². The molecular formula is C16H13NO3. The molecule has 0 amide bonds. The van der Waals surface area contributed by atoms with Crippen molar-refractivity contribution in [3.8, 4) is 17.6 Å². The molecule has 20 heavy (non-hydrogen) atoms. The van der Waals surface area contributed by atoms with Crippen LogP contribution in [0.5, 0.6) is 11.5 Å². The van der Waals surface area contributed by atoms with Crippen molar-refractivity contribution in [1.82, 2.24) is 0 Å². The minimum atomic E-state index is 0.300. The Balaban J connectivity index is 2.17. The highest BCUT2D eigenvalue weighted by Crippen LogP contribution is 2.28. The lowest BCUT2D eigenvalue weighted by molar-refractivity contribution is 0.112. The van der Waals surface area contributed by atoms with Gasteiger partial charge in [0.1, 0.15) is 12.9 Å². The molecule has 0 heterocycles. The molecule has 0 atom stereocenters. The van der Waals surface area contributed by atoms with E-state index in [1.165, 1.54) is 0 Å². The zero-order valence-corrected chi connectivity index (χ0v) is 11.0. The van der Waals surface area contributed by atoms with Gasteiger partial charge in [-0.3, -0.25) is 4.79 Å². The van der Waals surface area contributed by atoms with Gasteiger partial charge in [-0.2, -0.15) is 5.26 Å². The molecule has 0 aliphatic rings. The SMILES string of the molecule is COc1ccc(C=O)cc1OCc1cccc(C#N)c1. The fourth-order valence-corrected chi connectivity index (χ4v) is 1.77. The quantitative estimate of drug-likeness (QED) is 0.781. The summed E-state index contributed by atoms with van der Waals surface area (Å²) in [5.41, 5.74) is 1.98. The number of hydrogen-bond donors (Lipinski definition) is 0. The highest BCUT2D eigenvalue weighted by atomic mass is 16.5. The van der Waals surface area contributed by atoms with Crippen molar-refractivity contribution in [1.29, 1.82) is 5.26 Å². The molecule has 0 saturated carbocycles. The molecule has 2 aromatic rings. The summed E-state index contributed by atoms with van der Waals surface area (Å²) in [5.74, 6) is 1.06. The number of rotatable bonds is 5. The fraction of sp³-hybridized carbons (Fsp3) is 0.125. The maximum absolute atomic E-state index is 10.8. The van der Waals surface area contributed by atoms with Gasteiger partial charge in [-0.05, 0) is 35.9 Å². The summed E-state index contributed by atoms with van der Waals surface area (Å²) < 4.78 is 10.8. The minimum absolute atomic E-state index is 0.300. The first-order valence-electron chi connectivity index (χ1n) is 6.02. The number of ether oxygens (including phenoxy) is 2. The molecule has 0 bridgehead atoms. The first-order valence-corrected chi connectivity index (χ1v) is 6.02. The summed E-state index contributed by atoms with van der Waals surface area (Å²) in [6.45, 7) is 0.300. The van der Waals surface area contributed by atoms with Crippen LogP contribution in [-0.4, -0.2) is 13.4 Å². The second-order valence-electron chi connectivity index (χ2n) is 4.13. The predicted molar refractivity (Wildman–Crippen MR) is 73.9 cm³/mol. The van der Waals surface area contributed by atoms with E-state index in [-0.39, 0.29) is 0 Å². The lowest BCUT2D eigenvalue weighted by Crippen LogP contribution is -1.99. The van der Waals surface area contributed by atoms with Crippen molar-refractivity contribution < 1.29 is 14.3 Å². The van der Waals surface area contributed by atoms with Crippen LogP contribution in [0.15, 0.2) is 42.5 Å². The lowest BCUT2D eigenvalue weighted by Gasteiger charge is -2.11. The van der Waals surface area contributed by atoms with Crippen LogP contribution in [0.25, 0.3) is 0 Å². The number of methoxy groups -OCH3 is 1. The molecule has 2 aromatic carbocycles.